The first-order valence-corrected chi connectivity index (χ1v) is 10.6. The predicted octanol–water partition coefficient (Wildman–Crippen LogP) is 4.95. The summed E-state index contributed by atoms with van der Waals surface area (Å²) in [5.74, 6) is 0.317. The van der Waals surface area contributed by atoms with Gasteiger partial charge >= 0.3 is 0 Å². The summed E-state index contributed by atoms with van der Waals surface area (Å²) in [6.07, 6.45) is 0. The summed E-state index contributed by atoms with van der Waals surface area (Å²) < 4.78 is 28.6. The minimum atomic E-state index is -3.57. The van der Waals surface area contributed by atoms with Crippen LogP contribution >= 0.6 is 0 Å². The van der Waals surface area contributed by atoms with E-state index in [0.717, 1.165) is 5.56 Å². The second kappa shape index (κ2) is 6.50. The summed E-state index contributed by atoms with van der Waals surface area (Å²) in [4.78, 5) is 0.360. The Morgan fingerprint density at radius 3 is 1.81 bits per heavy atom. The van der Waals surface area contributed by atoms with Gasteiger partial charge in [-0.3, -0.25) is 0 Å². The van der Waals surface area contributed by atoms with Gasteiger partial charge in [-0.2, -0.15) is 4.31 Å². The van der Waals surface area contributed by atoms with Gasteiger partial charge < -0.3 is 0 Å². The number of nitrogens with zero attached hydrogens (tertiary/aromatic N) is 1. The van der Waals surface area contributed by atoms with Gasteiger partial charge in [0.2, 0.25) is 10.0 Å². The fraction of sp³-hybridized carbons (Fsp3) is 0.455. The molecule has 0 unspecified atom stereocenters. The van der Waals surface area contributed by atoms with Crippen molar-refractivity contribution in [2.24, 2.45) is 16.7 Å². The zero-order chi connectivity index (χ0) is 19.2. The van der Waals surface area contributed by atoms with Crippen molar-refractivity contribution >= 4 is 10.0 Å². The Balaban J connectivity index is 2.00. The monoisotopic (exact) mass is 371 g/mol. The fourth-order valence-corrected chi connectivity index (χ4v) is 6.21. The van der Waals surface area contributed by atoms with Crippen molar-refractivity contribution in [1.82, 2.24) is 4.31 Å². The van der Waals surface area contributed by atoms with Crippen LogP contribution < -0.4 is 0 Å². The fourth-order valence-electron chi connectivity index (χ4n) is 4.56. The van der Waals surface area contributed by atoms with Crippen molar-refractivity contribution in [2.75, 3.05) is 0 Å². The Labute approximate surface area is 158 Å². The van der Waals surface area contributed by atoms with Crippen LogP contribution in [0.5, 0.6) is 0 Å². The number of sulfonamides is 1. The van der Waals surface area contributed by atoms with Crippen molar-refractivity contribution < 1.29 is 8.42 Å². The molecule has 0 saturated heterocycles. The third-order valence-corrected chi connectivity index (χ3v) is 8.55. The van der Waals surface area contributed by atoms with Gasteiger partial charge in [-0.1, -0.05) is 76.2 Å². The molecule has 1 aliphatic carbocycles. The Morgan fingerprint density at radius 1 is 0.885 bits per heavy atom. The molecule has 2 aromatic rings. The average molecular weight is 372 g/mol. The SMILES string of the molecule is C[C@H](C1C(C)(C)C1(C)C)N(Cc1ccccc1)S(=O)(=O)c1ccccc1. The molecular formula is C22H29NO2S. The van der Waals surface area contributed by atoms with Gasteiger partial charge in [0.05, 0.1) is 4.90 Å². The molecule has 3 nitrogen and oxygen atoms in total. The van der Waals surface area contributed by atoms with Gasteiger partial charge in [0.15, 0.2) is 0 Å². The van der Waals surface area contributed by atoms with E-state index in [-0.39, 0.29) is 16.9 Å². The molecule has 0 amide bonds. The van der Waals surface area contributed by atoms with E-state index in [9.17, 15) is 8.42 Å². The molecule has 0 aliphatic heterocycles. The highest BCUT2D eigenvalue weighted by Crippen LogP contribution is 2.70. The van der Waals surface area contributed by atoms with Gasteiger partial charge in [-0.15, -0.1) is 0 Å². The lowest BCUT2D eigenvalue weighted by Crippen LogP contribution is -2.40. The molecule has 3 rings (SSSR count). The van der Waals surface area contributed by atoms with Crippen LogP contribution in [0.3, 0.4) is 0 Å². The van der Waals surface area contributed by atoms with Crippen LogP contribution in [0, 0.1) is 16.7 Å². The quantitative estimate of drug-likeness (QED) is 0.720. The van der Waals surface area contributed by atoms with Crippen LogP contribution in [0.4, 0.5) is 0 Å². The highest BCUT2D eigenvalue weighted by molar-refractivity contribution is 7.89. The van der Waals surface area contributed by atoms with E-state index in [1.807, 2.05) is 36.4 Å². The van der Waals surface area contributed by atoms with Gasteiger partial charge in [0, 0.05) is 12.6 Å². The summed E-state index contributed by atoms with van der Waals surface area (Å²) in [5, 5.41) is 0. The normalized spacial score (nSPS) is 20.1. The standard InChI is InChI=1S/C22H29NO2S/c1-17(20-21(2,3)22(20,4)5)23(16-18-12-8-6-9-13-18)26(24,25)19-14-10-7-11-15-19/h6-15,17,20H,16H2,1-5H3/t17-/m1/s1. The maximum absolute atomic E-state index is 13.5. The van der Waals surface area contributed by atoms with Crippen molar-refractivity contribution in [1.29, 1.82) is 0 Å². The second-order valence-corrected chi connectivity index (χ2v) is 10.4. The van der Waals surface area contributed by atoms with E-state index < -0.39 is 10.0 Å². The largest absolute Gasteiger partial charge is 0.243 e. The topological polar surface area (TPSA) is 37.4 Å². The lowest BCUT2D eigenvalue weighted by molar-refractivity contribution is 0.272. The Morgan fingerprint density at radius 2 is 1.35 bits per heavy atom. The lowest BCUT2D eigenvalue weighted by Gasteiger charge is -2.30. The third kappa shape index (κ3) is 3.10. The van der Waals surface area contributed by atoms with E-state index >= 15 is 0 Å². The molecular weight excluding hydrogens is 342 g/mol. The summed E-state index contributed by atoms with van der Waals surface area (Å²) in [5.41, 5.74) is 1.25. The molecule has 0 N–H and O–H groups in total. The Hall–Kier alpha value is -1.65. The van der Waals surface area contributed by atoms with E-state index in [1.165, 1.54) is 0 Å². The number of rotatable bonds is 6. The minimum Gasteiger partial charge on any atom is -0.207 e. The zero-order valence-corrected chi connectivity index (χ0v) is 17.1. The molecule has 1 atom stereocenters. The van der Waals surface area contributed by atoms with Crippen molar-refractivity contribution in [3.8, 4) is 0 Å². The smallest absolute Gasteiger partial charge is 0.207 e. The summed E-state index contributed by atoms with van der Waals surface area (Å²) >= 11 is 0. The molecule has 0 radical (unpaired) electrons. The molecule has 4 heteroatoms. The minimum absolute atomic E-state index is 0.0783. The Bertz CT molecular complexity index is 844. The van der Waals surface area contributed by atoms with Gasteiger partial charge in [-0.05, 0) is 41.4 Å². The maximum Gasteiger partial charge on any atom is 0.243 e. The van der Waals surface area contributed by atoms with E-state index in [4.69, 9.17) is 0 Å². The number of benzene rings is 2. The van der Waals surface area contributed by atoms with Crippen LogP contribution in [-0.4, -0.2) is 18.8 Å². The number of hydrogen-bond acceptors (Lipinski definition) is 2. The molecule has 0 bridgehead atoms. The molecule has 1 aliphatic rings. The van der Waals surface area contributed by atoms with Crippen molar-refractivity contribution in [3.63, 3.8) is 0 Å². The Kier molecular flexibility index (Phi) is 4.78. The maximum atomic E-state index is 13.5. The first-order chi connectivity index (χ1) is 12.1. The predicted molar refractivity (Wildman–Crippen MR) is 106 cm³/mol. The van der Waals surface area contributed by atoms with Gasteiger partial charge in [0.1, 0.15) is 0 Å². The second-order valence-electron chi connectivity index (χ2n) is 8.51. The van der Waals surface area contributed by atoms with Crippen LogP contribution in [0.2, 0.25) is 0 Å². The lowest BCUT2D eigenvalue weighted by atomic mass is 10.0. The summed E-state index contributed by atoms with van der Waals surface area (Å²) in [6, 6.07) is 18.5. The molecule has 26 heavy (non-hydrogen) atoms. The van der Waals surface area contributed by atoms with Crippen molar-refractivity contribution in [2.45, 2.75) is 52.1 Å². The van der Waals surface area contributed by atoms with Crippen LogP contribution in [0.1, 0.15) is 40.2 Å². The zero-order valence-electron chi connectivity index (χ0n) is 16.3. The highest BCUT2D eigenvalue weighted by atomic mass is 32.2. The van der Waals surface area contributed by atoms with Crippen LogP contribution in [0.25, 0.3) is 0 Å². The van der Waals surface area contributed by atoms with Crippen molar-refractivity contribution in [3.05, 3.63) is 66.2 Å². The molecule has 1 fully saturated rings. The molecule has 140 valence electrons. The first kappa shape index (κ1) is 19.1. The molecule has 0 aromatic heterocycles. The summed E-state index contributed by atoms with van der Waals surface area (Å²) in [6.45, 7) is 11.4. The third-order valence-electron chi connectivity index (χ3n) is 6.60. The first-order valence-electron chi connectivity index (χ1n) is 9.21. The van der Waals surface area contributed by atoms with Crippen LogP contribution in [0.15, 0.2) is 65.6 Å². The van der Waals surface area contributed by atoms with Crippen LogP contribution in [-0.2, 0) is 16.6 Å². The van der Waals surface area contributed by atoms with E-state index in [2.05, 4.69) is 34.6 Å². The van der Waals surface area contributed by atoms with E-state index in [1.54, 1.807) is 28.6 Å². The van der Waals surface area contributed by atoms with E-state index in [0.29, 0.717) is 17.4 Å². The molecule has 2 aromatic carbocycles. The van der Waals surface area contributed by atoms with Gasteiger partial charge in [0.25, 0.3) is 0 Å². The highest BCUT2D eigenvalue weighted by Gasteiger charge is 2.67. The molecule has 0 heterocycles. The number of hydrogen-bond donors (Lipinski definition) is 0. The average Bonchev–Trinajstić information content (AvgIpc) is 3.02. The molecule has 0 spiro atoms. The van der Waals surface area contributed by atoms with Gasteiger partial charge in [-0.25, -0.2) is 8.42 Å². The molecule has 1 saturated carbocycles. The summed E-state index contributed by atoms with van der Waals surface area (Å²) in [7, 11) is -3.57.